The van der Waals surface area contributed by atoms with E-state index in [2.05, 4.69) is 20.2 Å². The van der Waals surface area contributed by atoms with Gasteiger partial charge in [0.15, 0.2) is 5.65 Å². The molecule has 2 aromatic rings. The number of pyridine rings is 1. The van der Waals surface area contributed by atoms with E-state index in [4.69, 9.17) is 0 Å². The van der Waals surface area contributed by atoms with Crippen molar-refractivity contribution in [3.8, 4) is 0 Å². The molecule has 0 aliphatic carbocycles. The second kappa shape index (κ2) is 7.82. The van der Waals surface area contributed by atoms with E-state index in [1.807, 2.05) is 30.6 Å². The lowest BCUT2D eigenvalue weighted by Crippen LogP contribution is -2.40. The van der Waals surface area contributed by atoms with Crippen LogP contribution in [0.5, 0.6) is 0 Å². The number of nitrogens with one attached hydrogen (secondary N) is 1. The highest BCUT2D eigenvalue weighted by Gasteiger charge is 2.30. The Morgan fingerprint density at radius 1 is 1.38 bits per heavy atom. The van der Waals surface area contributed by atoms with Gasteiger partial charge in [0, 0.05) is 45.3 Å². The van der Waals surface area contributed by atoms with Crippen LogP contribution in [-0.2, 0) is 11.8 Å². The summed E-state index contributed by atoms with van der Waals surface area (Å²) in [6.45, 7) is 2.13. The van der Waals surface area contributed by atoms with Crippen molar-refractivity contribution in [1.29, 1.82) is 0 Å². The summed E-state index contributed by atoms with van der Waals surface area (Å²) in [5.74, 6) is 0.0576. The maximum Gasteiger partial charge on any atom is 0.252 e. The van der Waals surface area contributed by atoms with Crippen molar-refractivity contribution in [2.24, 2.45) is 7.05 Å². The van der Waals surface area contributed by atoms with E-state index in [1.54, 1.807) is 18.6 Å². The van der Waals surface area contributed by atoms with E-state index in [-0.39, 0.29) is 17.9 Å². The van der Waals surface area contributed by atoms with Crippen LogP contribution >= 0.6 is 0 Å². The van der Waals surface area contributed by atoms with Crippen LogP contribution in [0.4, 0.5) is 0 Å². The molecule has 3 rings (SSSR count). The first-order valence-corrected chi connectivity index (χ1v) is 8.95. The van der Waals surface area contributed by atoms with Crippen molar-refractivity contribution >= 4 is 23.0 Å². The van der Waals surface area contributed by atoms with E-state index in [1.165, 1.54) is 0 Å². The summed E-state index contributed by atoms with van der Waals surface area (Å²) in [5, 5.41) is 2.94. The number of likely N-dealkylation sites (tertiary alicyclic amines) is 1. The van der Waals surface area contributed by atoms with Crippen molar-refractivity contribution in [1.82, 2.24) is 29.7 Å². The third-order valence-electron chi connectivity index (χ3n) is 4.82. The molecule has 0 bridgehead atoms. The smallest absolute Gasteiger partial charge is 0.252 e. The lowest BCUT2D eigenvalue weighted by atomic mass is 10.1. The van der Waals surface area contributed by atoms with Gasteiger partial charge in [-0.2, -0.15) is 0 Å². The molecule has 0 radical (unpaired) electrons. The molecular formula is C18H26N6O2. The van der Waals surface area contributed by atoms with Gasteiger partial charge < -0.3 is 19.7 Å². The van der Waals surface area contributed by atoms with Crippen molar-refractivity contribution < 1.29 is 9.59 Å². The third-order valence-corrected chi connectivity index (χ3v) is 4.82. The lowest BCUT2D eigenvalue weighted by Gasteiger charge is -2.26. The van der Waals surface area contributed by atoms with Gasteiger partial charge in [0.25, 0.3) is 5.91 Å². The van der Waals surface area contributed by atoms with Gasteiger partial charge in [0.2, 0.25) is 5.91 Å². The van der Waals surface area contributed by atoms with Gasteiger partial charge >= 0.3 is 0 Å². The predicted octanol–water partition coefficient (Wildman–Crippen LogP) is 0.641. The molecule has 1 saturated heterocycles. The molecule has 0 spiro atoms. The number of fused-ring (bicyclic) bond motifs is 1. The fourth-order valence-electron chi connectivity index (χ4n) is 3.30. The van der Waals surface area contributed by atoms with Crippen molar-refractivity contribution in [3.05, 3.63) is 24.2 Å². The molecular weight excluding hydrogens is 332 g/mol. The Morgan fingerprint density at radius 2 is 2.19 bits per heavy atom. The van der Waals surface area contributed by atoms with E-state index >= 15 is 0 Å². The van der Waals surface area contributed by atoms with Gasteiger partial charge in [0.1, 0.15) is 5.52 Å². The summed E-state index contributed by atoms with van der Waals surface area (Å²) in [6.07, 6.45) is 5.49. The van der Waals surface area contributed by atoms with Gasteiger partial charge in [-0.15, -0.1) is 0 Å². The largest absolute Gasteiger partial charge is 0.352 e. The molecule has 2 amide bonds. The first-order chi connectivity index (χ1) is 12.5. The summed E-state index contributed by atoms with van der Waals surface area (Å²) in [4.78, 5) is 37.0. The van der Waals surface area contributed by atoms with Crippen molar-refractivity contribution in [2.45, 2.75) is 25.3 Å². The van der Waals surface area contributed by atoms with Gasteiger partial charge in [0.05, 0.1) is 11.9 Å². The fraction of sp³-hybridized carbons (Fsp3) is 0.556. The number of likely N-dealkylation sites (N-methyl/N-ethyl adjacent to an activating group) is 1. The Kier molecular flexibility index (Phi) is 5.51. The first-order valence-electron chi connectivity index (χ1n) is 8.95. The standard InChI is InChI=1S/C18H26N6O2/c1-22(2)8-9-24-14(4-5-16(24)25)6-7-19-18(26)13-10-15-17(20-11-13)23(3)12-21-15/h10-12,14H,4-9H2,1-3H3,(H,19,26). The molecule has 1 aliphatic rings. The number of aromatic nitrogens is 3. The number of hydrogen-bond donors (Lipinski definition) is 1. The van der Waals surface area contributed by atoms with E-state index in [0.717, 1.165) is 31.6 Å². The minimum absolute atomic E-state index is 0.158. The molecule has 1 unspecified atom stereocenters. The molecule has 2 aromatic heterocycles. The minimum atomic E-state index is -0.158. The number of carbonyl (C=O) groups is 2. The van der Waals surface area contributed by atoms with Crippen LogP contribution in [-0.4, -0.2) is 75.9 Å². The molecule has 0 aromatic carbocycles. The van der Waals surface area contributed by atoms with Crippen molar-refractivity contribution in [2.75, 3.05) is 33.7 Å². The number of amides is 2. The zero-order chi connectivity index (χ0) is 18.7. The number of nitrogens with zero attached hydrogens (tertiary/aromatic N) is 5. The Balaban J connectivity index is 1.53. The molecule has 1 atom stereocenters. The third kappa shape index (κ3) is 4.01. The van der Waals surface area contributed by atoms with Crippen molar-refractivity contribution in [3.63, 3.8) is 0 Å². The Morgan fingerprint density at radius 3 is 2.96 bits per heavy atom. The monoisotopic (exact) mass is 358 g/mol. The summed E-state index contributed by atoms with van der Waals surface area (Å²) in [7, 11) is 5.87. The van der Waals surface area contributed by atoms with Gasteiger partial charge in [-0.05, 0) is 33.0 Å². The summed E-state index contributed by atoms with van der Waals surface area (Å²) in [6, 6.07) is 1.96. The predicted molar refractivity (Wildman–Crippen MR) is 98.7 cm³/mol. The fourth-order valence-corrected chi connectivity index (χ4v) is 3.30. The van der Waals surface area contributed by atoms with Crippen LogP contribution in [0, 0.1) is 0 Å². The SMILES string of the molecule is CN(C)CCN1C(=O)CCC1CCNC(=O)c1cnc2c(c1)ncn2C. The average molecular weight is 358 g/mol. The first kappa shape index (κ1) is 18.3. The average Bonchev–Trinajstić information content (AvgIpc) is 3.15. The van der Waals surface area contributed by atoms with Crippen LogP contribution < -0.4 is 5.32 Å². The molecule has 8 heteroatoms. The highest BCUT2D eigenvalue weighted by molar-refractivity contribution is 5.96. The molecule has 1 N–H and O–H groups in total. The quantitative estimate of drug-likeness (QED) is 0.785. The molecule has 1 fully saturated rings. The zero-order valence-electron chi connectivity index (χ0n) is 15.6. The Bertz CT molecular complexity index is 800. The minimum Gasteiger partial charge on any atom is -0.352 e. The highest BCUT2D eigenvalue weighted by Crippen LogP contribution is 2.20. The zero-order valence-corrected chi connectivity index (χ0v) is 15.6. The molecule has 1 aliphatic heterocycles. The molecule has 3 heterocycles. The molecule has 140 valence electrons. The highest BCUT2D eigenvalue weighted by atomic mass is 16.2. The van der Waals surface area contributed by atoms with E-state index in [0.29, 0.717) is 24.0 Å². The normalized spacial score (nSPS) is 17.5. The van der Waals surface area contributed by atoms with E-state index in [9.17, 15) is 9.59 Å². The number of carbonyl (C=O) groups excluding carboxylic acids is 2. The van der Waals surface area contributed by atoms with Gasteiger partial charge in [-0.1, -0.05) is 0 Å². The number of hydrogen-bond acceptors (Lipinski definition) is 5. The summed E-state index contributed by atoms with van der Waals surface area (Å²) < 4.78 is 1.82. The molecule has 8 nitrogen and oxygen atoms in total. The Hall–Kier alpha value is -2.48. The van der Waals surface area contributed by atoms with Gasteiger partial charge in [-0.25, -0.2) is 9.97 Å². The maximum atomic E-state index is 12.4. The van der Waals surface area contributed by atoms with Crippen LogP contribution in [0.25, 0.3) is 11.2 Å². The van der Waals surface area contributed by atoms with Gasteiger partial charge in [-0.3, -0.25) is 9.59 Å². The second-order valence-corrected chi connectivity index (χ2v) is 7.05. The summed E-state index contributed by atoms with van der Waals surface area (Å²) >= 11 is 0. The lowest BCUT2D eigenvalue weighted by molar-refractivity contribution is -0.129. The van der Waals surface area contributed by atoms with Crippen LogP contribution in [0.15, 0.2) is 18.6 Å². The number of imidazole rings is 1. The van der Waals surface area contributed by atoms with E-state index < -0.39 is 0 Å². The van der Waals surface area contributed by atoms with Crippen LogP contribution in [0.3, 0.4) is 0 Å². The summed E-state index contributed by atoms with van der Waals surface area (Å²) in [5.41, 5.74) is 1.96. The molecule has 0 saturated carbocycles. The second-order valence-electron chi connectivity index (χ2n) is 7.05. The Labute approximate surface area is 153 Å². The molecule has 26 heavy (non-hydrogen) atoms. The van der Waals surface area contributed by atoms with Crippen LogP contribution in [0.1, 0.15) is 29.6 Å². The number of rotatable bonds is 7. The number of aryl methyl sites for hydroxylation is 1. The topological polar surface area (TPSA) is 83.4 Å². The van der Waals surface area contributed by atoms with Crippen LogP contribution in [0.2, 0.25) is 0 Å². The maximum absolute atomic E-state index is 12.4.